The van der Waals surface area contributed by atoms with Gasteiger partial charge in [0, 0.05) is 55.0 Å². The third kappa shape index (κ3) is 5.85. The number of likely N-dealkylation sites (tertiary alicyclic amines) is 1. The summed E-state index contributed by atoms with van der Waals surface area (Å²) < 4.78 is 0. The van der Waals surface area contributed by atoms with E-state index in [1.54, 1.807) is 12.1 Å². The van der Waals surface area contributed by atoms with Crippen LogP contribution in [0.15, 0.2) is 60.8 Å². The first-order valence-electron chi connectivity index (χ1n) is 11.6. The number of amides is 2. The van der Waals surface area contributed by atoms with Crippen LogP contribution >= 0.6 is 0 Å². The standard InChI is InChI=1S/C27H31N5O2/c1-19-15-21(10-11-23(19)30-26(33)9-6-13-31(2)3)27(34)32-14-12-20(18-32)16-25-28-17-22-7-4-5-8-24(22)29-25/h4-11,15,17,20H,12-14,16,18H2,1-3H3,(H,30,33)/b9-6+/t20-/m0/s1. The molecule has 1 N–H and O–H groups in total. The van der Waals surface area contributed by atoms with Gasteiger partial charge < -0.3 is 15.1 Å². The molecule has 2 aromatic carbocycles. The maximum absolute atomic E-state index is 13.1. The number of carbonyl (C=O) groups excluding carboxylic acids is 2. The summed E-state index contributed by atoms with van der Waals surface area (Å²) in [5.74, 6) is 1.02. The zero-order valence-electron chi connectivity index (χ0n) is 20.0. The molecule has 0 unspecified atom stereocenters. The van der Waals surface area contributed by atoms with E-state index in [1.807, 2.05) is 73.4 Å². The lowest BCUT2D eigenvalue weighted by Crippen LogP contribution is -2.29. The second-order valence-corrected chi connectivity index (χ2v) is 9.14. The quantitative estimate of drug-likeness (QED) is 0.548. The summed E-state index contributed by atoms with van der Waals surface area (Å²) in [6.07, 6.45) is 6.92. The molecule has 1 aromatic heterocycles. The Hall–Kier alpha value is -3.58. The fourth-order valence-electron chi connectivity index (χ4n) is 4.22. The van der Waals surface area contributed by atoms with Crippen LogP contribution in [0.2, 0.25) is 0 Å². The number of benzene rings is 2. The molecule has 1 aliphatic heterocycles. The van der Waals surface area contributed by atoms with E-state index in [9.17, 15) is 9.59 Å². The number of rotatable bonds is 7. The smallest absolute Gasteiger partial charge is 0.253 e. The summed E-state index contributed by atoms with van der Waals surface area (Å²) in [6, 6.07) is 13.4. The molecule has 7 heteroatoms. The van der Waals surface area contributed by atoms with Crippen LogP contribution in [0.5, 0.6) is 0 Å². The summed E-state index contributed by atoms with van der Waals surface area (Å²) in [5.41, 5.74) is 3.17. The number of likely N-dealkylation sites (N-methyl/N-ethyl adjacent to an activating group) is 1. The highest BCUT2D eigenvalue weighted by Gasteiger charge is 2.28. The minimum Gasteiger partial charge on any atom is -0.338 e. The van der Waals surface area contributed by atoms with Crippen molar-refractivity contribution in [1.82, 2.24) is 19.8 Å². The molecule has 0 saturated carbocycles. The molecule has 1 aliphatic rings. The monoisotopic (exact) mass is 457 g/mol. The number of hydrogen-bond acceptors (Lipinski definition) is 5. The number of carbonyl (C=O) groups is 2. The van der Waals surface area contributed by atoms with Gasteiger partial charge in [-0.3, -0.25) is 9.59 Å². The molecule has 7 nitrogen and oxygen atoms in total. The third-order valence-corrected chi connectivity index (χ3v) is 6.05. The van der Waals surface area contributed by atoms with Crippen LogP contribution in [0, 0.1) is 12.8 Å². The number of anilines is 1. The molecule has 2 amide bonds. The molecule has 1 fully saturated rings. The first-order valence-corrected chi connectivity index (χ1v) is 11.6. The van der Waals surface area contributed by atoms with E-state index < -0.39 is 0 Å². The van der Waals surface area contributed by atoms with Crippen LogP contribution in [0.25, 0.3) is 10.9 Å². The highest BCUT2D eigenvalue weighted by Crippen LogP contribution is 2.24. The molecule has 176 valence electrons. The molecular weight excluding hydrogens is 426 g/mol. The predicted octanol–water partition coefficient (Wildman–Crippen LogP) is 3.70. The first-order chi connectivity index (χ1) is 16.4. The highest BCUT2D eigenvalue weighted by molar-refractivity contribution is 6.01. The summed E-state index contributed by atoms with van der Waals surface area (Å²) in [6.45, 7) is 4.03. The third-order valence-electron chi connectivity index (χ3n) is 6.05. The van der Waals surface area contributed by atoms with Crippen molar-refractivity contribution >= 4 is 28.4 Å². The number of aromatic nitrogens is 2. The molecule has 34 heavy (non-hydrogen) atoms. The van der Waals surface area contributed by atoms with Crippen molar-refractivity contribution < 1.29 is 9.59 Å². The van der Waals surface area contributed by atoms with Gasteiger partial charge >= 0.3 is 0 Å². The molecule has 2 heterocycles. The van der Waals surface area contributed by atoms with E-state index in [4.69, 9.17) is 0 Å². The van der Waals surface area contributed by atoms with Gasteiger partial charge in [-0.1, -0.05) is 24.3 Å². The number of nitrogens with one attached hydrogen (secondary N) is 1. The van der Waals surface area contributed by atoms with E-state index in [1.165, 1.54) is 6.08 Å². The van der Waals surface area contributed by atoms with E-state index >= 15 is 0 Å². The fraction of sp³-hybridized carbons (Fsp3) is 0.333. The van der Waals surface area contributed by atoms with Crippen molar-refractivity contribution in [2.75, 3.05) is 39.0 Å². The van der Waals surface area contributed by atoms with Crippen LogP contribution < -0.4 is 5.32 Å². The van der Waals surface area contributed by atoms with Crippen molar-refractivity contribution in [3.63, 3.8) is 0 Å². The number of para-hydroxylation sites is 1. The van der Waals surface area contributed by atoms with Gasteiger partial charge in [0.25, 0.3) is 5.91 Å². The van der Waals surface area contributed by atoms with Gasteiger partial charge in [0.15, 0.2) is 0 Å². The maximum Gasteiger partial charge on any atom is 0.253 e. The Morgan fingerprint density at radius 2 is 2.03 bits per heavy atom. The molecule has 4 rings (SSSR count). The Kier molecular flexibility index (Phi) is 7.33. The molecule has 0 spiro atoms. The zero-order valence-corrected chi connectivity index (χ0v) is 20.0. The van der Waals surface area contributed by atoms with E-state index in [-0.39, 0.29) is 11.8 Å². The zero-order chi connectivity index (χ0) is 24.1. The van der Waals surface area contributed by atoms with Gasteiger partial charge in [-0.2, -0.15) is 0 Å². The molecule has 3 aromatic rings. The summed E-state index contributed by atoms with van der Waals surface area (Å²) in [4.78, 5) is 38.3. The van der Waals surface area contributed by atoms with Gasteiger partial charge in [-0.25, -0.2) is 9.97 Å². The molecular formula is C27H31N5O2. The fourth-order valence-corrected chi connectivity index (χ4v) is 4.22. The predicted molar refractivity (Wildman–Crippen MR) is 135 cm³/mol. The van der Waals surface area contributed by atoms with E-state index in [2.05, 4.69) is 15.3 Å². The van der Waals surface area contributed by atoms with Gasteiger partial charge in [0.2, 0.25) is 5.91 Å². The lowest BCUT2D eigenvalue weighted by molar-refractivity contribution is -0.111. The van der Waals surface area contributed by atoms with Crippen molar-refractivity contribution in [3.8, 4) is 0 Å². The van der Waals surface area contributed by atoms with Crippen LogP contribution in [0.4, 0.5) is 5.69 Å². The average Bonchev–Trinajstić information content (AvgIpc) is 3.28. The largest absolute Gasteiger partial charge is 0.338 e. The van der Waals surface area contributed by atoms with Crippen molar-refractivity contribution in [1.29, 1.82) is 0 Å². The van der Waals surface area contributed by atoms with Crippen LogP contribution in [-0.2, 0) is 11.2 Å². The minimum absolute atomic E-state index is 0.0220. The van der Waals surface area contributed by atoms with Gasteiger partial charge in [0.05, 0.1) is 5.52 Å². The Bertz CT molecular complexity index is 1220. The molecule has 1 atom stereocenters. The lowest BCUT2D eigenvalue weighted by Gasteiger charge is -2.17. The van der Waals surface area contributed by atoms with Gasteiger partial charge in [0.1, 0.15) is 5.82 Å². The highest BCUT2D eigenvalue weighted by atomic mass is 16.2. The molecule has 1 saturated heterocycles. The summed E-state index contributed by atoms with van der Waals surface area (Å²) in [5, 5.41) is 3.92. The normalized spacial score (nSPS) is 16.0. The topological polar surface area (TPSA) is 78.4 Å². The number of hydrogen-bond donors (Lipinski definition) is 1. The first kappa shape index (κ1) is 23.6. The van der Waals surface area contributed by atoms with Gasteiger partial charge in [-0.15, -0.1) is 0 Å². The summed E-state index contributed by atoms with van der Waals surface area (Å²) in [7, 11) is 3.89. The number of fused-ring (bicyclic) bond motifs is 1. The molecule has 0 bridgehead atoms. The van der Waals surface area contributed by atoms with E-state index in [0.29, 0.717) is 30.3 Å². The van der Waals surface area contributed by atoms with Crippen LogP contribution in [0.1, 0.15) is 28.2 Å². The SMILES string of the molecule is Cc1cc(C(=O)N2CC[C@@H](Cc3ncc4ccccc4n3)C2)ccc1NC(=O)/C=C/CN(C)C. The second kappa shape index (κ2) is 10.6. The Balaban J connectivity index is 1.35. The number of nitrogens with zero attached hydrogens (tertiary/aromatic N) is 4. The molecule has 0 radical (unpaired) electrons. The second-order valence-electron chi connectivity index (χ2n) is 9.14. The Morgan fingerprint density at radius 1 is 1.21 bits per heavy atom. The Morgan fingerprint density at radius 3 is 2.82 bits per heavy atom. The van der Waals surface area contributed by atoms with Crippen molar-refractivity contribution in [2.24, 2.45) is 5.92 Å². The summed E-state index contributed by atoms with van der Waals surface area (Å²) >= 11 is 0. The van der Waals surface area contributed by atoms with E-state index in [0.717, 1.165) is 41.7 Å². The molecule has 0 aliphatic carbocycles. The number of aryl methyl sites for hydroxylation is 1. The van der Waals surface area contributed by atoms with Crippen molar-refractivity contribution in [3.05, 3.63) is 77.8 Å². The Labute approximate surface area is 200 Å². The lowest BCUT2D eigenvalue weighted by atomic mass is 10.0. The minimum atomic E-state index is -0.178. The van der Waals surface area contributed by atoms with Gasteiger partial charge in [-0.05, 0) is 63.2 Å². The average molecular weight is 458 g/mol. The van der Waals surface area contributed by atoms with Crippen molar-refractivity contribution in [2.45, 2.75) is 19.8 Å². The van der Waals surface area contributed by atoms with Crippen LogP contribution in [0.3, 0.4) is 0 Å². The maximum atomic E-state index is 13.1. The van der Waals surface area contributed by atoms with Crippen LogP contribution in [-0.4, -0.2) is 65.3 Å².